The Morgan fingerprint density at radius 3 is 2.50 bits per heavy atom. The van der Waals surface area contributed by atoms with Gasteiger partial charge in [0.2, 0.25) is 5.78 Å². The third kappa shape index (κ3) is 3.12. The molecule has 0 saturated heterocycles. The third-order valence-corrected chi connectivity index (χ3v) is 4.49. The monoisotopic (exact) mass is 362 g/mol. The molecule has 0 spiro atoms. The van der Waals surface area contributed by atoms with Crippen molar-refractivity contribution >= 4 is 33.0 Å². The standard InChI is InChI=1S/C14H10BrF3OS/c1-2-9-4-6-12(20-9)13(19)10-5-3-8(15)7-11(10)14(16,17)18/h3-7H,2H2,1H3. The zero-order chi connectivity index (χ0) is 14.9. The maximum atomic E-state index is 13.0. The minimum Gasteiger partial charge on any atom is -0.288 e. The molecule has 1 aromatic carbocycles. The van der Waals surface area contributed by atoms with Crippen LogP contribution >= 0.6 is 27.3 Å². The van der Waals surface area contributed by atoms with Crippen LogP contribution in [-0.2, 0) is 12.6 Å². The highest BCUT2D eigenvalue weighted by Gasteiger charge is 2.35. The van der Waals surface area contributed by atoms with Crippen LogP contribution in [0.1, 0.15) is 32.6 Å². The number of hydrogen-bond donors (Lipinski definition) is 0. The van der Waals surface area contributed by atoms with Crippen LogP contribution in [0.4, 0.5) is 13.2 Å². The van der Waals surface area contributed by atoms with E-state index in [9.17, 15) is 18.0 Å². The number of rotatable bonds is 3. The van der Waals surface area contributed by atoms with E-state index in [-0.39, 0.29) is 5.56 Å². The molecule has 106 valence electrons. The fourth-order valence-corrected chi connectivity index (χ4v) is 3.03. The molecule has 1 aromatic heterocycles. The van der Waals surface area contributed by atoms with E-state index in [0.29, 0.717) is 9.35 Å². The summed E-state index contributed by atoms with van der Waals surface area (Å²) in [6.07, 6.45) is -3.80. The van der Waals surface area contributed by atoms with Crippen LogP contribution in [0.15, 0.2) is 34.8 Å². The average molecular weight is 363 g/mol. The number of alkyl halides is 3. The minimum absolute atomic E-state index is 0.293. The van der Waals surface area contributed by atoms with Crippen LogP contribution in [0, 0.1) is 0 Å². The summed E-state index contributed by atoms with van der Waals surface area (Å²) >= 11 is 4.23. The van der Waals surface area contributed by atoms with Gasteiger partial charge < -0.3 is 0 Å². The molecule has 6 heteroatoms. The van der Waals surface area contributed by atoms with Gasteiger partial charge in [-0.3, -0.25) is 4.79 Å². The molecule has 0 radical (unpaired) electrons. The van der Waals surface area contributed by atoms with Gasteiger partial charge >= 0.3 is 6.18 Å². The summed E-state index contributed by atoms with van der Waals surface area (Å²) in [7, 11) is 0. The van der Waals surface area contributed by atoms with Crippen molar-refractivity contribution in [1.29, 1.82) is 0 Å². The molecule has 2 aromatic rings. The summed E-state index contributed by atoms with van der Waals surface area (Å²) in [6, 6.07) is 6.93. The summed E-state index contributed by atoms with van der Waals surface area (Å²) < 4.78 is 39.3. The lowest BCUT2D eigenvalue weighted by molar-refractivity contribution is -0.137. The van der Waals surface area contributed by atoms with Gasteiger partial charge in [0.1, 0.15) is 0 Å². The molecule has 0 aliphatic rings. The second kappa shape index (κ2) is 5.69. The molecular weight excluding hydrogens is 353 g/mol. The number of hydrogen-bond acceptors (Lipinski definition) is 2. The van der Waals surface area contributed by atoms with Crippen molar-refractivity contribution in [3.05, 3.63) is 55.7 Å². The van der Waals surface area contributed by atoms with E-state index in [1.165, 1.54) is 23.5 Å². The minimum atomic E-state index is -4.56. The first-order chi connectivity index (χ1) is 9.32. The van der Waals surface area contributed by atoms with Gasteiger partial charge in [0.15, 0.2) is 0 Å². The van der Waals surface area contributed by atoms with E-state index in [0.717, 1.165) is 17.4 Å². The highest BCUT2D eigenvalue weighted by atomic mass is 79.9. The van der Waals surface area contributed by atoms with Crippen LogP contribution < -0.4 is 0 Å². The lowest BCUT2D eigenvalue weighted by Crippen LogP contribution is -2.13. The third-order valence-electron chi connectivity index (χ3n) is 2.77. The Kier molecular flexibility index (Phi) is 4.34. The van der Waals surface area contributed by atoms with Crippen LogP contribution in [-0.4, -0.2) is 5.78 Å². The van der Waals surface area contributed by atoms with Gasteiger partial charge in [-0.05, 0) is 36.8 Å². The van der Waals surface area contributed by atoms with Crippen LogP contribution in [0.5, 0.6) is 0 Å². The first-order valence-electron chi connectivity index (χ1n) is 5.83. The molecule has 0 saturated carbocycles. The molecule has 0 N–H and O–H groups in total. The quantitative estimate of drug-likeness (QED) is 0.675. The van der Waals surface area contributed by atoms with Crippen molar-refractivity contribution in [3.63, 3.8) is 0 Å². The van der Waals surface area contributed by atoms with E-state index in [1.54, 1.807) is 12.1 Å². The van der Waals surface area contributed by atoms with Gasteiger partial charge in [-0.1, -0.05) is 22.9 Å². The van der Waals surface area contributed by atoms with Gasteiger partial charge in [0.25, 0.3) is 0 Å². The second-order valence-corrected chi connectivity index (χ2v) is 6.22. The molecule has 0 bridgehead atoms. The van der Waals surface area contributed by atoms with Crippen molar-refractivity contribution in [2.75, 3.05) is 0 Å². The smallest absolute Gasteiger partial charge is 0.288 e. The number of halogens is 4. The molecule has 0 amide bonds. The number of benzene rings is 1. The summed E-state index contributed by atoms with van der Waals surface area (Å²) in [6.45, 7) is 1.93. The number of ketones is 1. The Morgan fingerprint density at radius 1 is 1.25 bits per heavy atom. The first kappa shape index (κ1) is 15.3. The fraction of sp³-hybridized carbons (Fsp3) is 0.214. The summed E-state index contributed by atoms with van der Waals surface area (Å²) in [5.74, 6) is -0.588. The largest absolute Gasteiger partial charge is 0.417 e. The van der Waals surface area contributed by atoms with E-state index in [4.69, 9.17) is 0 Å². The molecule has 0 aliphatic carbocycles. The van der Waals surface area contributed by atoms with E-state index >= 15 is 0 Å². The molecule has 1 heterocycles. The summed E-state index contributed by atoms with van der Waals surface area (Å²) in [5, 5.41) is 0. The van der Waals surface area contributed by atoms with E-state index in [2.05, 4.69) is 15.9 Å². The van der Waals surface area contributed by atoms with Gasteiger partial charge in [0.05, 0.1) is 10.4 Å². The van der Waals surface area contributed by atoms with Crippen molar-refractivity contribution in [1.82, 2.24) is 0 Å². The van der Waals surface area contributed by atoms with E-state index < -0.39 is 17.5 Å². The molecule has 0 aliphatic heterocycles. The fourth-order valence-electron chi connectivity index (χ4n) is 1.77. The second-order valence-electron chi connectivity index (χ2n) is 4.14. The van der Waals surface area contributed by atoms with Crippen molar-refractivity contribution < 1.29 is 18.0 Å². The highest BCUT2D eigenvalue weighted by molar-refractivity contribution is 9.10. The summed E-state index contributed by atoms with van der Waals surface area (Å²) in [4.78, 5) is 13.5. The maximum absolute atomic E-state index is 13.0. The summed E-state index contributed by atoms with van der Waals surface area (Å²) in [5.41, 5.74) is -1.23. The molecule has 0 atom stereocenters. The highest BCUT2D eigenvalue weighted by Crippen LogP contribution is 2.35. The Balaban J connectivity index is 2.49. The van der Waals surface area contributed by atoms with Gasteiger partial charge in [-0.15, -0.1) is 11.3 Å². The van der Waals surface area contributed by atoms with Crippen molar-refractivity contribution in [3.8, 4) is 0 Å². The SMILES string of the molecule is CCc1ccc(C(=O)c2ccc(Br)cc2C(F)(F)F)s1. The number of aryl methyl sites for hydroxylation is 1. The Bertz CT molecular complexity index is 646. The van der Waals surface area contributed by atoms with Crippen molar-refractivity contribution in [2.24, 2.45) is 0 Å². The lowest BCUT2D eigenvalue weighted by atomic mass is 10.0. The Labute approximate surface area is 126 Å². The first-order valence-corrected chi connectivity index (χ1v) is 7.44. The maximum Gasteiger partial charge on any atom is 0.417 e. The van der Waals surface area contributed by atoms with Gasteiger partial charge in [0, 0.05) is 14.9 Å². The molecule has 2 rings (SSSR count). The lowest BCUT2D eigenvalue weighted by Gasteiger charge is -2.11. The van der Waals surface area contributed by atoms with Gasteiger partial charge in [-0.25, -0.2) is 0 Å². The number of carbonyl (C=O) groups excluding carboxylic acids is 1. The predicted octanol–water partition coefficient (Wildman–Crippen LogP) is 5.32. The van der Waals surface area contributed by atoms with Crippen LogP contribution in [0.25, 0.3) is 0 Å². The predicted molar refractivity (Wildman–Crippen MR) is 76.3 cm³/mol. The van der Waals surface area contributed by atoms with E-state index in [1.807, 2.05) is 6.92 Å². The number of carbonyl (C=O) groups is 1. The topological polar surface area (TPSA) is 17.1 Å². The molecule has 1 nitrogen and oxygen atoms in total. The zero-order valence-corrected chi connectivity index (χ0v) is 12.8. The Morgan fingerprint density at radius 2 is 1.95 bits per heavy atom. The number of thiophene rings is 1. The zero-order valence-electron chi connectivity index (χ0n) is 10.4. The average Bonchev–Trinajstić information content (AvgIpc) is 2.85. The van der Waals surface area contributed by atoms with Crippen LogP contribution in [0.2, 0.25) is 0 Å². The molecule has 20 heavy (non-hydrogen) atoms. The molecule has 0 unspecified atom stereocenters. The normalized spacial score (nSPS) is 11.7. The van der Waals surface area contributed by atoms with Crippen molar-refractivity contribution in [2.45, 2.75) is 19.5 Å². The molecule has 0 fully saturated rings. The molecular formula is C14H10BrF3OS. The Hall–Kier alpha value is -1.14. The van der Waals surface area contributed by atoms with Gasteiger partial charge in [-0.2, -0.15) is 13.2 Å². The van der Waals surface area contributed by atoms with Crippen LogP contribution in [0.3, 0.4) is 0 Å².